The molecule has 2 rings (SSSR count). The maximum absolute atomic E-state index is 5.82. The van der Waals surface area contributed by atoms with Gasteiger partial charge in [-0.3, -0.25) is 0 Å². The van der Waals surface area contributed by atoms with Crippen molar-refractivity contribution in [1.82, 2.24) is 9.55 Å². The highest BCUT2D eigenvalue weighted by Crippen LogP contribution is 2.30. The first kappa shape index (κ1) is 16.5. The lowest BCUT2D eigenvalue weighted by Crippen LogP contribution is -2.22. The summed E-state index contributed by atoms with van der Waals surface area (Å²) in [4.78, 5) is 4.52. The smallest absolute Gasteiger partial charge is 0.143 e. The predicted octanol–water partition coefficient (Wildman–Crippen LogP) is 4.54. The summed E-state index contributed by atoms with van der Waals surface area (Å²) in [5, 5.41) is 4.51. The molecule has 6 heteroatoms. The molecular formula is C15H24BrN3OSi. The number of fused-ring (bicyclic) bond motifs is 1. The lowest BCUT2D eigenvalue weighted by molar-refractivity contribution is 0.0899. The Balaban J connectivity index is 2.10. The topological polar surface area (TPSA) is 39.1 Å². The van der Waals surface area contributed by atoms with E-state index in [4.69, 9.17) is 4.74 Å². The van der Waals surface area contributed by atoms with Crippen molar-refractivity contribution in [3.05, 3.63) is 22.9 Å². The number of hydrogen-bond donors (Lipinski definition) is 1. The van der Waals surface area contributed by atoms with Crippen LogP contribution < -0.4 is 5.32 Å². The Labute approximate surface area is 136 Å². The third kappa shape index (κ3) is 4.31. The highest BCUT2D eigenvalue weighted by atomic mass is 79.9. The Morgan fingerprint density at radius 1 is 1.38 bits per heavy atom. The standard InChI is InChI=1S/C15H24BrN3OSi/c1-5-17-14-12-6-7-19(15(12)18-10-13(14)16)11-20-8-9-21(2,3)4/h6-7,10H,5,8-9,11H2,1-4H3,(H,17,18). The summed E-state index contributed by atoms with van der Waals surface area (Å²) in [5.74, 6) is 0. The first-order chi connectivity index (χ1) is 9.92. The van der Waals surface area contributed by atoms with Crippen molar-refractivity contribution in [2.45, 2.75) is 39.3 Å². The fraction of sp³-hybridized carbons (Fsp3) is 0.533. The van der Waals surface area contributed by atoms with Crippen molar-refractivity contribution in [3.63, 3.8) is 0 Å². The molecule has 0 radical (unpaired) electrons. The summed E-state index contributed by atoms with van der Waals surface area (Å²) in [6.07, 6.45) is 3.89. The lowest BCUT2D eigenvalue weighted by Gasteiger charge is -2.15. The van der Waals surface area contributed by atoms with E-state index in [9.17, 15) is 0 Å². The van der Waals surface area contributed by atoms with Gasteiger partial charge in [0.15, 0.2) is 0 Å². The van der Waals surface area contributed by atoms with E-state index in [2.05, 4.69) is 63.4 Å². The molecule has 116 valence electrons. The second-order valence-corrected chi connectivity index (χ2v) is 12.9. The van der Waals surface area contributed by atoms with E-state index in [1.807, 2.05) is 12.4 Å². The number of nitrogens with one attached hydrogen (secondary N) is 1. The molecule has 0 fully saturated rings. The molecule has 21 heavy (non-hydrogen) atoms. The number of pyridine rings is 1. The molecule has 1 N–H and O–H groups in total. The zero-order valence-corrected chi connectivity index (χ0v) is 15.8. The highest BCUT2D eigenvalue weighted by Gasteiger charge is 2.13. The average molecular weight is 370 g/mol. The van der Waals surface area contributed by atoms with Crippen LogP contribution in [0.2, 0.25) is 25.7 Å². The zero-order valence-electron chi connectivity index (χ0n) is 13.2. The van der Waals surface area contributed by atoms with Gasteiger partial charge in [-0.25, -0.2) is 4.98 Å². The maximum Gasteiger partial charge on any atom is 0.143 e. The van der Waals surface area contributed by atoms with Gasteiger partial charge in [-0.2, -0.15) is 0 Å². The second-order valence-electron chi connectivity index (χ2n) is 6.38. The molecule has 2 heterocycles. The normalized spacial score (nSPS) is 12.0. The van der Waals surface area contributed by atoms with Gasteiger partial charge < -0.3 is 14.6 Å². The van der Waals surface area contributed by atoms with Gasteiger partial charge in [0, 0.05) is 39.0 Å². The van der Waals surface area contributed by atoms with Crippen LogP contribution in [0.4, 0.5) is 5.69 Å². The molecule has 4 nitrogen and oxygen atoms in total. The molecule has 2 aromatic heterocycles. The van der Waals surface area contributed by atoms with E-state index in [1.165, 1.54) is 6.04 Å². The quantitative estimate of drug-likeness (QED) is 0.574. The molecule has 0 aliphatic rings. The Hall–Kier alpha value is -0.853. The summed E-state index contributed by atoms with van der Waals surface area (Å²) in [5.41, 5.74) is 2.06. The van der Waals surface area contributed by atoms with Crippen molar-refractivity contribution in [2.24, 2.45) is 0 Å². The minimum absolute atomic E-state index is 0.564. The predicted molar refractivity (Wildman–Crippen MR) is 95.7 cm³/mol. The lowest BCUT2D eigenvalue weighted by atomic mass is 10.3. The molecule has 0 atom stereocenters. The van der Waals surface area contributed by atoms with Crippen LogP contribution in [0.3, 0.4) is 0 Å². The van der Waals surface area contributed by atoms with E-state index >= 15 is 0 Å². The van der Waals surface area contributed by atoms with E-state index < -0.39 is 8.07 Å². The first-order valence-electron chi connectivity index (χ1n) is 7.37. The van der Waals surface area contributed by atoms with Crippen molar-refractivity contribution >= 4 is 40.7 Å². The number of rotatable bonds is 7. The Kier molecular flexibility index (Phi) is 5.46. The summed E-state index contributed by atoms with van der Waals surface area (Å²) in [6.45, 7) is 11.5. The van der Waals surface area contributed by atoms with Crippen LogP contribution in [-0.4, -0.2) is 30.8 Å². The largest absolute Gasteiger partial charge is 0.384 e. The number of aromatic nitrogens is 2. The van der Waals surface area contributed by atoms with Crippen molar-refractivity contribution in [1.29, 1.82) is 0 Å². The van der Waals surface area contributed by atoms with Gasteiger partial charge in [-0.1, -0.05) is 19.6 Å². The average Bonchev–Trinajstić information content (AvgIpc) is 2.80. The molecular weight excluding hydrogens is 346 g/mol. The number of hydrogen-bond acceptors (Lipinski definition) is 3. The van der Waals surface area contributed by atoms with Gasteiger partial charge in [0.2, 0.25) is 0 Å². The number of anilines is 1. The molecule has 0 aromatic carbocycles. The number of halogens is 1. The van der Waals surface area contributed by atoms with E-state index in [1.54, 1.807) is 0 Å². The molecule has 0 amide bonds. The van der Waals surface area contributed by atoms with Crippen LogP contribution in [0.15, 0.2) is 22.9 Å². The maximum atomic E-state index is 5.82. The molecule has 0 saturated carbocycles. The van der Waals surface area contributed by atoms with Crippen LogP contribution in [0, 0.1) is 0 Å². The van der Waals surface area contributed by atoms with E-state index in [0.717, 1.165) is 34.3 Å². The van der Waals surface area contributed by atoms with Crippen LogP contribution in [-0.2, 0) is 11.5 Å². The fourth-order valence-electron chi connectivity index (χ4n) is 2.12. The molecule has 2 aromatic rings. The van der Waals surface area contributed by atoms with Crippen LogP contribution in [0.25, 0.3) is 11.0 Å². The van der Waals surface area contributed by atoms with Crippen LogP contribution >= 0.6 is 15.9 Å². The van der Waals surface area contributed by atoms with Crippen LogP contribution in [0.5, 0.6) is 0 Å². The van der Waals surface area contributed by atoms with E-state index in [-0.39, 0.29) is 0 Å². The molecule has 0 spiro atoms. The van der Waals surface area contributed by atoms with Gasteiger partial charge in [-0.05, 0) is 35.0 Å². The minimum Gasteiger partial charge on any atom is -0.384 e. The van der Waals surface area contributed by atoms with E-state index in [0.29, 0.717) is 6.73 Å². The molecule has 0 aliphatic carbocycles. The fourth-order valence-corrected chi connectivity index (χ4v) is 3.33. The Morgan fingerprint density at radius 2 is 2.14 bits per heavy atom. The molecule has 0 unspecified atom stereocenters. The zero-order chi connectivity index (χ0) is 15.5. The molecule has 0 aliphatic heterocycles. The number of nitrogens with zero attached hydrogens (tertiary/aromatic N) is 2. The van der Waals surface area contributed by atoms with Gasteiger partial charge in [0.1, 0.15) is 12.4 Å². The Morgan fingerprint density at radius 3 is 2.81 bits per heavy atom. The summed E-state index contributed by atoms with van der Waals surface area (Å²) < 4.78 is 8.87. The summed E-state index contributed by atoms with van der Waals surface area (Å²) in [6, 6.07) is 3.28. The summed E-state index contributed by atoms with van der Waals surface area (Å²) >= 11 is 3.55. The Bertz CT molecular complexity index is 607. The van der Waals surface area contributed by atoms with Gasteiger partial charge in [0.05, 0.1) is 10.2 Å². The van der Waals surface area contributed by atoms with Crippen molar-refractivity contribution < 1.29 is 4.74 Å². The van der Waals surface area contributed by atoms with Gasteiger partial charge in [0.25, 0.3) is 0 Å². The van der Waals surface area contributed by atoms with Crippen LogP contribution in [0.1, 0.15) is 6.92 Å². The first-order valence-corrected chi connectivity index (χ1v) is 11.9. The minimum atomic E-state index is -1.03. The van der Waals surface area contributed by atoms with Crippen molar-refractivity contribution in [2.75, 3.05) is 18.5 Å². The van der Waals surface area contributed by atoms with Gasteiger partial charge in [-0.15, -0.1) is 0 Å². The van der Waals surface area contributed by atoms with Crippen molar-refractivity contribution in [3.8, 4) is 0 Å². The number of ether oxygens (including phenoxy) is 1. The monoisotopic (exact) mass is 369 g/mol. The highest BCUT2D eigenvalue weighted by molar-refractivity contribution is 9.10. The molecule has 0 saturated heterocycles. The SMILES string of the molecule is CCNc1c(Br)cnc2c1ccn2COCC[Si](C)(C)C. The summed E-state index contributed by atoms with van der Waals surface area (Å²) in [7, 11) is -1.03. The third-order valence-corrected chi connectivity index (χ3v) is 5.63. The molecule has 0 bridgehead atoms. The third-order valence-electron chi connectivity index (χ3n) is 3.32. The second kappa shape index (κ2) is 6.94. The van der Waals surface area contributed by atoms with Gasteiger partial charge >= 0.3 is 0 Å².